The Hall–Kier alpha value is -1.42. The van der Waals surface area contributed by atoms with Crippen molar-refractivity contribution in [1.29, 1.82) is 0 Å². The average Bonchev–Trinajstić information content (AvgIpc) is 2.22. The van der Waals surface area contributed by atoms with E-state index in [0.717, 1.165) is 24.0 Å². The quantitative estimate of drug-likeness (QED) is 0.837. The van der Waals surface area contributed by atoms with Gasteiger partial charge in [0.1, 0.15) is 6.10 Å². The number of rotatable bonds is 3. The van der Waals surface area contributed by atoms with Crippen molar-refractivity contribution in [3.63, 3.8) is 0 Å². The predicted molar refractivity (Wildman–Crippen MR) is 80.6 cm³/mol. The molecule has 0 radical (unpaired) electrons. The summed E-state index contributed by atoms with van der Waals surface area (Å²) in [5, 5.41) is 10.4. The molecule has 0 aromatic rings. The van der Waals surface area contributed by atoms with Crippen LogP contribution in [0.5, 0.6) is 0 Å². The Balaban J connectivity index is 3.08. The molecule has 1 aliphatic rings. The lowest BCUT2D eigenvalue weighted by Crippen LogP contribution is -2.24. The Labute approximate surface area is 117 Å². The number of aliphatic hydroxyl groups excluding tert-OH is 1. The highest BCUT2D eigenvalue weighted by atomic mass is 16.3. The van der Waals surface area contributed by atoms with Crippen molar-refractivity contribution in [3.8, 4) is 0 Å². The van der Waals surface area contributed by atoms with Gasteiger partial charge in [-0.2, -0.15) is 0 Å². The highest BCUT2D eigenvalue weighted by Crippen LogP contribution is 2.32. The maximum atomic E-state index is 10.4. The molecule has 1 fully saturated rings. The molecular formula is C15H27N3O. The smallest absolute Gasteiger partial charge is 0.100 e. The predicted octanol–water partition coefficient (Wildman–Crippen LogP) is 1.48. The fourth-order valence-electron chi connectivity index (χ4n) is 2.37. The lowest BCUT2D eigenvalue weighted by atomic mass is 9.85. The second-order valence-corrected chi connectivity index (χ2v) is 5.84. The SMILES string of the molecule is CN(C)/C=C1\C/C(=C/N(C)C)C(O)/C(=C/N(C)C)C1. The maximum Gasteiger partial charge on any atom is 0.100 e. The van der Waals surface area contributed by atoms with Crippen molar-refractivity contribution in [1.82, 2.24) is 14.7 Å². The summed E-state index contributed by atoms with van der Waals surface area (Å²) in [4.78, 5) is 6.04. The lowest BCUT2D eigenvalue weighted by Gasteiger charge is -2.29. The first-order valence-corrected chi connectivity index (χ1v) is 6.57. The van der Waals surface area contributed by atoms with Crippen LogP contribution in [0.15, 0.2) is 35.3 Å². The van der Waals surface area contributed by atoms with Gasteiger partial charge in [0.15, 0.2) is 0 Å². The van der Waals surface area contributed by atoms with Crippen LogP contribution < -0.4 is 0 Å². The zero-order chi connectivity index (χ0) is 14.6. The standard InChI is InChI=1S/C15H27N3O/c1-16(2)9-12-7-13(10-17(3)4)15(19)14(8-12)11-18(5)6/h9-11,15,19H,7-8H2,1-6H3/b12-9-,13-10+,14-11-. The molecule has 0 aromatic heterocycles. The number of aliphatic hydroxyl groups is 1. The van der Waals surface area contributed by atoms with Crippen molar-refractivity contribution >= 4 is 0 Å². The van der Waals surface area contributed by atoms with Crippen molar-refractivity contribution in [2.75, 3.05) is 42.3 Å². The molecule has 0 aliphatic heterocycles. The monoisotopic (exact) mass is 265 g/mol. The van der Waals surface area contributed by atoms with Gasteiger partial charge in [0.05, 0.1) is 0 Å². The molecule has 1 aliphatic carbocycles. The number of allylic oxidation sites excluding steroid dienone is 1. The van der Waals surface area contributed by atoms with Crippen LogP contribution >= 0.6 is 0 Å². The molecule has 0 aromatic carbocycles. The molecule has 1 saturated carbocycles. The first-order chi connectivity index (χ1) is 8.79. The van der Waals surface area contributed by atoms with E-state index in [2.05, 4.69) is 11.1 Å². The van der Waals surface area contributed by atoms with Gasteiger partial charge in [-0.05, 0) is 35.8 Å². The molecule has 0 bridgehead atoms. The van der Waals surface area contributed by atoms with Crippen LogP contribution in [0.3, 0.4) is 0 Å². The highest BCUT2D eigenvalue weighted by Gasteiger charge is 2.25. The van der Waals surface area contributed by atoms with E-state index in [1.165, 1.54) is 5.57 Å². The van der Waals surface area contributed by atoms with Gasteiger partial charge in [0.2, 0.25) is 0 Å². The molecule has 1 rings (SSSR count). The number of nitrogens with zero attached hydrogens (tertiary/aromatic N) is 3. The largest absolute Gasteiger partial charge is 0.384 e. The summed E-state index contributed by atoms with van der Waals surface area (Å²) in [7, 11) is 12.0. The first kappa shape index (κ1) is 15.6. The Morgan fingerprint density at radius 2 is 1.16 bits per heavy atom. The summed E-state index contributed by atoms with van der Waals surface area (Å²) in [5.41, 5.74) is 3.44. The van der Waals surface area contributed by atoms with Gasteiger partial charge >= 0.3 is 0 Å². The van der Waals surface area contributed by atoms with E-state index in [0.29, 0.717) is 0 Å². The summed E-state index contributed by atoms with van der Waals surface area (Å²) in [6.07, 6.45) is 7.40. The number of hydrogen-bond acceptors (Lipinski definition) is 4. The Morgan fingerprint density at radius 1 is 0.789 bits per heavy atom. The minimum atomic E-state index is -0.468. The second kappa shape index (κ2) is 6.66. The lowest BCUT2D eigenvalue weighted by molar-refractivity contribution is 0.228. The zero-order valence-corrected chi connectivity index (χ0v) is 13.0. The van der Waals surface area contributed by atoms with Crippen molar-refractivity contribution in [2.24, 2.45) is 0 Å². The van der Waals surface area contributed by atoms with Crippen molar-refractivity contribution in [2.45, 2.75) is 18.9 Å². The molecule has 0 amide bonds. The van der Waals surface area contributed by atoms with E-state index >= 15 is 0 Å². The third-order valence-corrected chi connectivity index (χ3v) is 2.85. The van der Waals surface area contributed by atoms with Crippen LogP contribution in [0.2, 0.25) is 0 Å². The Kier molecular flexibility index (Phi) is 5.48. The van der Waals surface area contributed by atoms with Gasteiger partial charge in [-0.25, -0.2) is 0 Å². The van der Waals surface area contributed by atoms with Crippen LogP contribution in [0.1, 0.15) is 12.8 Å². The maximum absolute atomic E-state index is 10.4. The molecule has 0 heterocycles. The van der Waals surface area contributed by atoms with Gasteiger partial charge < -0.3 is 19.8 Å². The average molecular weight is 265 g/mol. The molecule has 4 heteroatoms. The van der Waals surface area contributed by atoms with E-state index in [4.69, 9.17) is 0 Å². The fourth-order valence-corrected chi connectivity index (χ4v) is 2.37. The molecule has 0 spiro atoms. The molecular weight excluding hydrogens is 238 g/mol. The fraction of sp³-hybridized carbons (Fsp3) is 0.600. The zero-order valence-electron chi connectivity index (χ0n) is 13.0. The topological polar surface area (TPSA) is 30.0 Å². The molecule has 19 heavy (non-hydrogen) atoms. The van der Waals surface area contributed by atoms with Crippen LogP contribution in [-0.4, -0.2) is 68.2 Å². The van der Waals surface area contributed by atoms with Gasteiger partial charge in [-0.1, -0.05) is 0 Å². The van der Waals surface area contributed by atoms with Gasteiger partial charge in [-0.15, -0.1) is 0 Å². The molecule has 4 nitrogen and oxygen atoms in total. The molecule has 108 valence electrons. The van der Waals surface area contributed by atoms with E-state index in [9.17, 15) is 5.11 Å². The van der Waals surface area contributed by atoms with Crippen LogP contribution in [-0.2, 0) is 0 Å². The van der Waals surface area contributed by atoms with Crippen molar-refractivity contribution in [3.05, 3.63) is 35.3 Å². The minimum absolute atomic E-state index is 0.468. The van der Waals surface area contributed by atoms with Crippen LogP contribution in [0.25, 0.3) is 0 Å². The molecule has 1 N–H and O–H groups in total. The van der Waals surface area contributed by atoms with E-state index < -0.39 is 6.10 Å². The summed E-state index contributed by atoms with van der Waals surface area (Å²) < 4.78 is 0. The minimum Gasteiger partial charge on any atom is -0.384 e. The van der Waals surface area contributed by atoms with E-state index in [-0.39, 0.29) is 0 Å². The third kappa shape index (κ3) is 4.99. The summed E-state index contributed by atoms with van der Waals surface area (Å²) in [5.74, 6) is 0. The van der Waals surface area contributed by atoms with E-state index in [1.807, 2.05) is 64.5 Å². The molecule has 1 atom stereocenters. The highest BCUT2D eigenvalue weighted by molar-refractivity contribution is 5.36. The molecule has 1 unspecified atom stereocenters. The van der Waals surface area contributed by atoms with Crippen molar-refractivity contribution < 1.29 is 5.11 Å². The van der Waals surface area contributed by atoms with Gasteiger partial charge in [0, 0.05) is 54.7 Å². The second-order valence-electron chi connectivity index (χ2n) is 5.84. The summed E-state index contributed by atoms with van der Waals surface area (Å²) >= 11 is 0. The van der Waals surface area contributed by atoms with Gasteiger partial charge in [0.25, 0.3) is 0 Å². The third-order valence-electron chi connectivity index (χ3n) is 2.85. The van der Waals surface area contributed by atoms with E-state index in [1.54, 1.807) is 0 Å². The van der Waals surface area contributed by atoms with Gasteiger partial charge in [-0.3, -0.25) is 0 Å². The normalized spacial score (nSPS) is 26.1. The Bertz CT molecular complexity index is 362. The summed E-state index contributed by atoms with van der Waals surface area (Å²) in [6.45, 7) is 0. The summed E-state index contributed by atoms with van der Waals surface area (Å²) in [6, 6.07) is 0. The number of hydrogen-bond donors (Lipinski definition) is 1. The van der Waals surface area contributed by atoms with Crippen LogP contribution in [0, 0.1) is 0 Å². The Morgan fingerprint density at radius 3 is 1.47 bits per heavy atom. The van der Waals surface area contributed by atoms with Crippen LogP contribution in [0.4, 0.5) is 0 Å². The first-order valence-electron chi connectivity index (χ1n) is 6.57. The molecule has 0 saturated heterocycles.